The van der Waals surface area contributed by atoms with Crippen LogP contribution < -0.4 is 10.1 Å². The lowest BCUT2D eigenvalue weighted by atomic mass is 9.82. The number of piperidine rings is 1. The number of benzene rings is 1. The second-order valence-electron chi connectivity index (χ2n) is 10.2. The molecule has 1 aromatic carbocycles. The van der Waals surface area contributed by atoms with Crippen LogP contribution in [0.3, 0.4) is 0 Å². The van der Waals surface area contributed by atoms with E-state index in [1.807, 2.05) is 49.1 Å². The molecule has 1 aromatic rings. The summed E-state index contributed by atoms with van der Waals surface area (Å²) in [6.45, 7) is 6.04. The normalized spacial score (nSPS) is 23.0. The number of hydrogen-bond donors (Lipinski definition) is 1. The fraction of sp³-hybridized carbons (Fsp3) is 0.607. The molecule has 1 aliphatic carbocycles. The van der Waals surface area contributed by atoms with Gasteiger partial charge >= 0.3 is 0 Å². The summed E-state index contributed by atoms with van der Waals surface area (Å²) >= 11 is 0. The molecule has 0 aromatic heterocycles. The predicted molar refractivity (Wildman–Crippen MR) is 135 cm³/mol. The number of carbonyl (C=O) groups excluding carboxylic acids is 3. The van der Waals surface area contributed by atoms with Gasteiger partial charge in [0, 0.05) is 43.6 Å². The zero-order valence-corrected chi connectivity index (χ0v) is 21.1. The number of carbonyl (C=O) groups is 3. The number of ether oxygens (including phenoxy) is 1. The third-order valence-corrected chi connectivity index (χ3v) is 7.57. The molecule has 35 heavy (non-hydrogen) atoms. The predicted octanol–water partition coefficient (Wildman–Crippen LogP) is 3.53. The first-order valence-electron chi connectivity index (χ1n) is 13.2. The third-order valence-electron chi connectivity index (χ3n) is 7.57. The highest BCUT2D eigenvalue weighted by molar-refractivity contribution is 5.86. The van der Waals surface area contributed by atoms with Crippen LogP contribution in [0, 0.1) is 17.8 Å². The van der Waals surface area contributed by atoms with E-state index in [4.69, 9.17) is 4.74 Å². The molecule has 0 spiro atoms. The van der Waals surface area contributed by atoms with Gasteiger partial charge in [0.25, 0.3) is 0 Å². The van der Waals surface area contributed by atoms with Crippen molar-refractivity contribution in [3.63, 3.8) is 0 Å². The molecule has 4 rings (SSSR count). The van der Waals surface area contributed by atoms with E-state index in [0.717, 1.165) is 43.4 Å². The van der Waals surface area contributed by atoms with Crippen LogP contribution in [0.2, 0.25) is 0 Å². The third kappa shape index (κ3) is 6.65. The first-order chi connectivity index (χ1) is 17.0. The largest absolute Gasteiger partial charge is 0.489 e. The van der Waals surface area contributed by atoms with E-state index in [9.17, 15) is 14.4 Å². The molecule has 1 N–H and O–H groups in total. The molecule has 2 fully saturated rings. The van der Waals surface area contributed by atoms with Gasteiger partial charge in [0.15, 0.2) is 0 Å². The van der Waals surface area contributed by atoms with Gasteiger partial charge in [0.2, 0.25) is 17.7 Å². The highest BCUT2D eigenvalue weighted by Gasteiger charge is 2.34. The average Bonchev–Trinajstić information content (AvgIpc) is 3.67. The first-order valence-corrected chi connectivity index (χ1v) is 13.2. The number of rotatable bonds is 6. The standard InChI is InChI=1S/C28H39N3O4/c1-3-20(4-2)28(34)31-18-23-8-5-6-10-25(23)35-15-7-9-22-17-30(27(33)19-31)14-13-21(22)16-26(32)29-24-11-12-24/h5-10,20-22,24H,3-4,11-19H2,1-2H3,(H,29,32)/t21-,22-/m0/s1. The highest BCUT2D eigenvalue weighted by atomic mass is 16.5. The maximum absolute atomic E-state index is 13.4. The summed E-state index contributed by atoms with van der Waals surface area (Å²) in [6.07, 6.45) is 9.03. The number of amides is 3. The summed E-state index contributed by atoms with van der Waals surface area (Å²) in [7, 11) is 0. The maximum Gasteiger partial charge on any atom is 0.242 e. The molecular weight excluding hydrogens is 442 g/mol. The Kier molecular flexibility index (Phi) is 8.47. The van der Waals surface area contributed by atoms with E-state index in [1.165, 1.54) is 0 Å². The van der Waals surface area contributed by atoms with E-state index >= 15 is 0 Å². The monoisotopic (exact) mass is 481 g/mol. The molecule has 1 saturated heterocycles. The van der Waals surface area contributed by atoms with E-state index in [2.05, 4.69) is 11.4 Å². The van der Waals surface area contributed by atoms with E-state index in [-0.39, 0.29) is 42.0 Å². The summed E-state index contributed by atoms with van der Waals surface area (Å²) in [5.41, 5.74) is 0.903. The van der Waals surface area contributed by atoms with Crippen LogP contribution in [0.4, 0.5) is 0 Å². The molecule has 0 unspecified atom stereocenters. The lowest BCUT2D eigenvalue weighted by Gasteiger charge is -2.38. The summed E-state index contributed by atoms with van der Waals surface area (Å²) in [5.74, 6) is 1.01. The van der Waals surface area contributed by atoms with Gasteiger partial charge in [0.1, 0.15) is 18.9 Å². The number of nitrogens with one attached hydrogen (secondary N) is 1. The van der Waals surface area contributed by atoms with Gasteiger partial charge in [-0.15, -0.1) is 0 Å². The molecule has 7 heteroatoms. The molecule has 190 valence electrons. The Balaban J connectivity index is 1.56. The summed E-state index contributed by atoms with van der Waals surface area (Å²) < 4.78 is 6.08. The molecule has 1 saturated carbocycles. The second kappa shape index (κ2) is 11.7. The fourth-order valence-corrected chi connectivity index (χ4v) is 5.20. The number of hydrogen-bond acceptors (Lipinski definition) is 4. The Bertz CT molecular complexity index is 938. The molecule has 7 nitrogen and oxygen atoms in total. The van der Waals surface area contributed by atoms with Crippen molar-refractivity contribution >= 4 is 17.7 Å². The minimum atomic E-state index is -0.100. The van der Waals surface area contributed by atoms with Gasteiger partial charge in [-0.3, -0.25) is 14.4 Å². The zero-order chi connectivity index (χ0) is 24.8. The van der Waals surface area contributed by atoms with Crippen molar-refractivity contribution in [3.8, 4) is 5.75 Å². The fourth-order valence-electron chi connectivity index (χ4n) is 5.20. The number of para-hydroxylation sites is 1. The Morgan fingerprint density at radius 3 is 2.63 bits per heavy atom. The number of fused-ring (bicyclic) bond motifs is 3. The van der Waals surface area contributed by atoms with Gasteiger partial charge in [-0.25, -0.2) is 0 Å². The minimum absolute atomic E-state index is 0.0225. The van der Waals surface area contributed by atoms with Crippen molar-refractivity contribution in [2.24, 2.45) is 17.8 Å². The molecule has 2 atom stereocenters. The Labute approximate surface area is 208 Å². The van der Waals surface area contributed by atoms with Crippen LogP contribution >= 0.6 is 0 Å². The van der Waals surface area contributed by atoms with Gasteiger partial charge in [-0.1, -0.05) is 44.2 Å². The van der Waals surface area contributed by atoms with Crippen LogP contribution in [0.5, 0.6) is 5.75 Å². The average molecular weight is 482 g/mol. The van der Waals surface area contributed by atoms with Crippen molar-refractivity contribution in [1.29, 1.82) is 0 Å². The van der Waals surface area contributed by atoms with Crippen molar-refractivity contribution in [1.82, 2.24) is 15.1 Å². The van der Waals surface area contributed by atoms with Crippen molar-refractivity contribution in [2.45, 2.75) is 65.0 Å². The van der Waals surface area contributed by atoms with E-state index in [1.54, 1.807) is 4.90 Å². The van der Waals surface area contributed by atoms with Gasteiger partial charge < -0.3 is 19.9 Å². The van der Waals surface area contributed by atoms with Crippen molar-refractivity contribution in [3.05, 3.63) is 42.0 Å². The number of nitrogens with zero attached hydrogens (tertiary/aromatic N) is 2. The lowest BCUT2D eigenvalue weighted by molar-refractivity contribution is -0.144. The molecule has 3 amide bonds. The molecule has 2 heterocycles. The molecule has 2 aliphatic heterocycles. The quantitative estimate of drug-likeness (QED) is 0.631. The van der Waals surface area contributed by atoms with Crippen molar-refractivity contribution in [2.75, 3.05) is 26.2 Å². The summed E-state index contributed by atoms with van der Waals surface area (Å²) in [4.78, 5) is 42.9. The Morgan fingerprint density at radius 1 is 1.11 bits per heavy atom. The van der Waals surface area contributed by atoms with Crippen LogP contribution in [0.15, 0.2) is 36.4 Å². The van der Waals surface area contributed by atoms with Crippen LogP contribution in [0.25, 0.3) is 0 Å². The summed E-state index contributed by atoms with van der Waals surface area (Å²) in [5, 5.41) is 3.10. The maximum atomic E-state index is 13.4. The first kappa shape index (κ1) is 25.3. The summed E-state index contributed by atoms with van der Waals surface area (Å²) in [6, 6.07) is 8.09. The van der Waals surface area contributed by atoms with E-state index < -0.39 is 0 Å². The van der Waals surface area contributed by atoms with Crippen LogP contribution in [0.1, 0.15) is 57.9 Å². The van der Waals surface area contributed by atoms with E-state index in [0.29, 0.717) is 38.7 Å². The minimum Gasteiger partial charge on any atom is -0.489 e. The Morgan fingerprint density at radius 2 is 1.89 bits per heavy atom. The van der Waals surface area contributed by atoms with Gasteiger partial charge in [0.05, 0.1) is 0 Å². The second-order valence-corrected chi connectivity index (χ2v) is 10.2. The zero-order valence-electron chi connectivity index (χ0n) is 21.1. The topological polar surface area (TPSA) is 79.0 Å². The van der Waals surface area contributed by atoms with Crippen molar-refractivity contribution < 1.29 is 19.1 Å². The molecular formula is C28H39N3O4. The lowest BCUT2D eigenvalue weighted by Crippen LogP contribution is -2.49. The molecule has 3 aliphatic rings. The van der Waals surface area contributed by atoms with Gasteiger partial charge in [-0.2, -0.15) is 0 Å². The van der Waals surface area contributed by atoms with Gasteiger partial charge in [-0.05, 0) is 50.0 Å². The molecule has 2 bridgehead atoms. The highest BCUT2D eigenvalue weighted by Crippen LogP contribution is 2.30. The van der Waals surface area contributed by atoms with Crippen LogP contribution in [-0.4, -0.2) is 59.8 Å². The van der Waals surface area contributed by atoms with Crippen LogP contribution in [-0.2, 0) is 20.9 Å². The smallest absolute Gasteiger partial charge is 0.242 e. The molecule has 0 radical (unpaired) electrons. The SMILES string of the molecule is CCC(CC)C(=O)N1CC(=O)N2CC[C@@H](CC(=O)NC3CC3)[C@@H](C=CCOc3ccccc3C1)C2. The Hall–Kier alpha value is -2.83.